The lowest BCUT2D eigenvalue weighted by Gasteiger charge is -2.09. The van der Waals surface area contributed by atoms with Crippen molar-refractivity contribution in [2.24, 2.45) is 0 Å². The molecule has 0 radical (unpaired) electrons. The molecule has 1 fully saturated rings. The summed E-state index contributed by atoms with van der Waals surface area (Å²) < 4.78 is 5.69. The molecular formula is C13H19NO. The van der Waals surface area contributed by atoms with Gasteiger partial charge in [0.2, 0.25) is 0 Å². The van der Waals surface area contributed by atoms with Crippen LogP contribution in [0.1, 0.15) is 32.3 Å². The molecule has 0 unspecified atom stereocenters. The molecule has 0 atom stereocenters. The molecule has 0 spiro atoms. The minimum Gasteiger partial charge on any atom is -0.490 e. The highest BCUT2D eigenvalue weighted by atomic mass is 16.5. The molecule has 0 aliphatic heterocycles. The number of hydrogen-bond acceptors (Lipinski definition) is 2. The van der Waals surface area contributed by atoms with Crippen LogP contribution in [-0.4, -0.2) is 12.1 Å². The predicted octanol–water partition coefficient (Wildman–Crippen LogP) is 2.73. The third kappa shape index (κ3) is 3.56. The van der Waals surface area contributed by atoms with Crippen LogP contribution < -0.4 is 10.1 Å². The van der Waals surface area contributed by atoms with E-state index in [1.807, 2.05) is 0 Å². The van der Waals surface area contributed by atoms with Crippen molar-refractivity contribution in [3.05, 3.63) is 29.8 Å². The number of nitrogens with one attached hydrogen (secondary N) is 1. The molecule has 1 aliphatic rings. The van der Waals surface area contributed by atoms with Gasteiger partial charge in [0.05, 0.1) is 6.10 Å². The average molecular weight is 205 g/mol. The van der Waals surface area contributed by atoms with Gasteiger partial charge in [-0.1, -0.05) is 26.0 Å². The van der Waals surface area contributed by atoms with Crippen molar-refractivity contribution in [3.63, 3.8) is 0 Å². The van der Waals surface area contributed by atoms with Crippen LogP contribution in [-0.2, 0) is 6.54 Å². The first-order valence-electron chi connectivity index (χ1n) is 5.73. The summed E-state index contributed by atoms with van der Waals surface area (Å²) in [7, 11) is 0. The Morgan fingerprint density at radius 2 is 1.93 bits per heavy atom. The van der Waals surface area contributed by atoms with E-state index >= 15 is 0 Å². The zero-order chi connectivity index (χ0) is 10.7. The molecule has 1 aromatic rings. The summed E-state index contributed by atoms with van der Waals surface area (Å²) in [6.07, 6.45) is 2.93. The van der Waals surface area contributed by atoms with Crippen LogP contribution >= 0.6 is 0 Å². The van der Waals surface area contributed by atoms with E-state index in [2.05, 4.69) is 43.4 Å². The van der Waals surface area contributed by atoms with E-state index < -0.39 is 0 Å². The molecule has 0 heterocycles. The van der Waals surface area contributed by atoms with Gasteiger partial charge >= 0.3 is 0 Å². The maximum Gasteiger partial charge on any atom is 0.119 e. The number of hydrogen-bond donors (Lipinski definition) is 1. The topological polar surface area (TPSA) is 21.3 Å². The second-order valence-corrected chi connectivity index (χ2v) is 4.50. The van der Waals surface area contributed by atoms with E-state index in [1.54, 1.807) is 0 Å². The van der Waals surface area contributed by atoms with E-state index in [9.17, 15) is 0 Å². The van der Waals surface area contributed by atoms with E-state index in [1.165, 1.54) is 18.4 Å². The Labute approximate surface area is 91.6 Å². The zero-order valence-electron chi connectivity index (χ0n) is 9.49. The quantitative estimate of drug-likeness (QED) is 0.798. The lowest BCUT2D eigenvalue weighted by Crippen LogP contribution is -2.21. The summed E-state index contributed by atoms with van der Waals surface area (Å²) in [5.74, 6) is 1.01. The second-order valence-electron chi connectivity index (χ2n) is 4.50. The highest BCUT2D eigenvalue weighted by Gasteiger charge is 2.23. The molecule has 0 amide bonds. The van der Waals surface area contributed by atoms with E-state index in [0.29, 0.717) is 12.1 Å². The molecule has 1 N–H and O–H groups in total. The van der Waals surface area contributed by atoms with Crippen LogP contribution in [0.5, 0.6) is 5.75 Å². The molecule has 2 rings (SSSR count). The standard InChI is InChI=1S/C13H19NO/c1-10(2)14-9-11-3-5-12(6-4-11)15-13-7-8-13/h3-6,10,13-14H,7-9H2,1-2H3. The highest BCUT2D eigenvalue weighted by molar-refractivity contribution is 5.27. The third-order valence-corrected chi connectivity index (χ3v) is 2.46. The van der Waals surface area contributed by atoms with Crippen LogP contribution in [0, 0.1) is 0 Å². The molecule has 1 aromatic carbocycles. The van der Waals surface area contributed by atoms with Crippen LogP contribution in [0.25, 0.3) is 0 Å². The SMILES string of the molecule is CC(C)NCc1ccc(OC2CC2)cc1. The predicted molar refractivity (Wildman–Crippen MR) is 62.1 cm³/mol. The first-order valence-corrected chi connectivity index (χ1v) is 5.73. The molecule has 2 nitrogen and oxygen atoms in total. The van der Waals surface area contributed by atoms with Crippen molar-refractivity contribution >= 4 is 0 Å². The lowest BCUT2D eigenvalue weighted by atomic mass is 10.2. The van der Waals surface area contributed by atoms with Gasteiger partial charge in [0, 0.05) is 12.6 Å². The molecule has 0 saturated heterocycles. The van der Waals surface area contributed by atoms with Crippen LogP contribution in [0.4, 0.5) is 0 Å². The van der Waals surface area contributed by atoms with Gasteiger partial charge in [0.1, 0.15) is 5.75 Å². The summed E-state index contributed by atoms with van der Waals surface area (Å²) in [4.78, 5) is 0. The summed E-state index contributed by atoms with van der Waals surface area (Å²) in [5, 5.41) is 3.39. The number of benzene rings is 1. The van der Waals surface area contributed by atoms with Crippen LogP contribution in [0.2, 0.25) is 0 Å². The van der Waals surface area contributed by atoms with Crippen molar-refractivity contribution < 1.29 is 4.74 Å². The highest BCUT2D eigenvalue weighted by Crippen LogP contribution is 2.26. The van der Waals surface area contributed by atoms with Gasteiger partial charge in [-0.3, -0.25) is 0 Å². The molecule has 2 heteroatoms. The number of rotatable bonds is 5. The first-order chi connectivity index (χ1) is 7.24. The monoisotopic (exact) mass is 205 g/mol. The minimum atomic E-state index is 0.490. The Morgan fingerprint density at radius 1 is 1.27 bits per heavy atom. The van der Waals surface area contributed by atoms with Crippen molar-refractivity contribution in [2.75, 3.05) is 0 Å². The zero-order valence-corrected chi connectivity index (χ0v) is 9.49. The van der Waals surface area contributed by atoms with Gasteiger partial charge in [0.25, 0.3) is 0 Å². The average Bonchev–Trinajstić information content (AvgIpc) is 3.01. The van der Waals surface area contributed by atoms with Gasteiger partial charge < -0.3 is 10.1 Å². The van der Waals surface area contributed by atoms with E-state index in [-0.39, 0.29) is 0 Å². The van der Waals surface area contributed by atoms with Crippen molar-refractivity contribution in [1.29, 1.82) is 0 Å². The molecule has 15 heavy (non-hydrogen) atoms. The smallest absolute Gasteiger partial charge is 0.119 e. The van der Waals surface area contributed by atoms with Crippen LogP contribution in [0.15, 0.2) is 24.3 Å². The summed E-state index contributed by atoms with van der Waals surface area (Å²) in [5.41, 5.74) is 1.31. The lowest BCUT2D eigenvalue weighted by molar-refractivity contribution is 0.303. The normalized spacial score (nSPS) is 15.7. The Morgan fingerprint density at radius 3 is 2.47 bits per heavy atom. The minimum absolute atomic E-state index is 0.490. The molecule has 1 saturated carbocycles. The Bertz CT molecular complexity index is 301. The fourth-order valence-electron chi connectivity index (χ4n) is 1.39. The fourth-order valence-corrected chi connectivity index (χ4v) is 1.39. The largest absolute Gasteiger partial charge is 0.490 e. The molecule has 0 bridgehead atoms. The van der Waals surface area contributed by atoms with Gasteiger partial charge in [-0.2, -0.15) is 0 Å². The molecule has 82 valence electrons. The summed E-state index contributed by atoms with van der Waals surface area (Å²) >= 11 is 0. The van der Waals surface area contributed by atoms with Gasteiger partial charge in [-0.05, 0) is 30.5 Å². The Kier molecular flexibility index (Phi) is 3.27. The molecular weight excluding hydrogens is 186 g/mol. The van der Waals surface area contributed by atoms with Crippen molar-refractivity contribution in [3.8, 4) is 5.75 Å². The molecule has 1 aliphatic carbocycles. The Hall–Kier alpha value is -1.02. The van der Waals surface area contributed by atoms with Gasteiger partial charge in [-0.25, -0.2) is 0 Å². The van der Waals surface area contributed by atoms with E-state index in [0.717, 1.165) is 12.3 Å². The van der Waals surface area contributed by atoms with E-state index in [4.69, 9.17) is 4.74 Å². The first kappa shape index (κ1) is 10.5. The third-order valence-electron chi connectivity index (χ3n) is 2.46. The maximum absolute atomic E-state index is 5.69. The summed E-state index contributed by atoms with van der Waals surface area (Å²) in [6, 6.07) is 8.93. The summed E-state index contributed by atoms with van der Waals surface area (Å²) in [6.45, 7) is 5.25. The van der Waals surface area contributed by atoms with Crippen molar-refractivity contribution in [2.45, 2.75) is 45.4 Å². The van der Waals surface area contributed by atoms with Crippen molar-refractivity contribution in [1.82, 2.24) is 5.32 Å². The van der Waals surface area contributed by atoms with Gasteiger partial charge in [0.15, 0.2) is 0 Å². The van der Waals surface area contributed by atoms with Gasteiger partial charge in [-0.15, -0.1) is 0 Å². The van der Waals surface area contributed by atoms with Crippen LogP contribution in [0.3, 0.4) is 0 Å². The fraction of sp³-hybridized carbons (Fsp3) is 0.538. The maximum atomic E-state index is 5.69. The Balaban J connectivity index is 1.85. The molecule has 0 aromatic heterocycles. The second kappa shape index (κ2) is 4.67. The number of ether oxygens (including phenoxy) is 1.